The number of halogens is 1. The summed E-state index contributed by atoms with van der Waals surface area (Å²) in [5.74, 6) is 0.261. The van der Waals surface area contributed by atoms with Crippen molar-refractivity contribution in [2.45, 2.75) is 38.5 Å². The van der Waals surface area contributed by atoms with Crippen molar-refractivity contribution in [1.29, 1.82) is 0 Å². The standard InChI is InChI=1S/C15H21ClN2O/c16-14-9-12(7-8-13(14)15(17)19)18-10-11-5-3-1-2-4-6-11/h7-9,11,18H,1-6,10H2,(H2,17,19). The fourth-order valence-electron chi connectivity index (χ4n) is 2.66. The van der Waals surface area contributed by atoms with E-state index in [0.717, 1.165) is 18.2 Å². The lowest BCUT2D eigenvalue weighted by atomic mass is 10.0. The van der Waals surface area contributed by atoms with Crippen LogP contribution < -0.4 is 11.1 Å². The first-order valence-corrected chi connectivity index (χ1v) is 7.38. The lowest BCUT2D eigenvalue weighted by Crippen LogP contribution is -2.14. The Bertz CT molecular complexity index is 440. The van der Waals surface area contributed by atoms with Crippen molar-refractivity contribution in [3.8, 4) is 0 Å². The van der Waals surface area contributed by atoms with E-state index in [0.29, 0.717) is 10.6 Å². The predicted octanol–water partition coefficient (Wildman–Crippen LogP) is 3.82. The summed E-state index contributed by atoms with van der Waals surface area (Å²) in [5.41, 5.74) is 6.56. The van der Waals surface area contributed by atoms with Crippen LogP contribution in [0.15, 0.2) is 18.2 Å². The summed E-state index contributed by atoms with van der Waals surface area (Å²) in [6.45, 7) is 0.978. The molecule has 0 spiro atoms. The molecule has 104 valence electrons. The number of amides is 1. The van der Waals surface area contributed by atoms with Crippen LogP contribution >= 0.6 is 11.6 Å². The molecule has 0 bridgehead atoms. The quantitative estimate of drug-likeness (QED) is 0.824. The third kappa shape index (κ3) is 4.13. The highest BCUT2D eigenvalue weighted by atomic mass is 35.5. The van der Waals surface area contributed by atoms with Gasteiger partial charge in [-0.05, 0) is 37.0 Å². The molecule has 3 N–H and O–H groups in total. The number of carbonyl (C=O) groups is 1. The molecule has 1 saturated carbocycles. The summed E-state index contributed by atoms with van der Waals surface area (Å²) in [5, 5.41) is 3.83. The normalized spacial score (nSPS) is 16.9. The maximum Gasteiger partial charge on any atom is 0.250 e. The van der Waals surface area contributed by atoms with Gasteiger partial charge in [0.2, 0.25) is 5.91 Å². The Labute approximate surface area is 119 Å². The first kappa shape index (κ1) is 14.2. The molecule has 1 aromatic rings. The van der Waals surface area contributed by atoms with E-state index in [9.17, 15) is 4.79 Å². The van der Waals surface area contributed by atoms with Gasteiger partial charge in [0.05, 0.1) is 10.6 Å². The van der Waals surface area contributed by atoms with Gasteiger partial charge in [0.25, 0.3) is 0 Å². The molecule has 1 aliphatic carbocycles. The Morgan fingerprint density at radius 1 is 1.26 bits per heavy atom. The highest BCUT2D eigenvalue weighted by Gasteiger charge is 2.12. The minimum atomic E-state index is -0.486. The van der Waals surface area contributed by atoms with Gasteiger partial charge in [0, 0.05) is 12.2 Å². The molecule has 3 nitrogen and oxygen atoms in total. The summed E-state index contributed by atoms with van der Waals surface area (Å²) in [6, 6.07) is 5.32. The summed E-state index contributed by atoms with van der Waals surface area (Å²) >= 11 is 6.03. The lowest BCUT2D eigenvalue weighted by Gasteiger charge is -2.16. The zero-order valence-corrected chi connectivity index (χ0v) is 11.9. The van der Waals surface area contributed by atoms with E-state index in [2.05, 4.69) is 5.32 Å². The van der Waals surface area contributed by atoms with Crippen LogP contribution in [-0.4, -0.2) is 12.5 Å². The van der Waals surface area contributed by atoms with E-state index in [4.69, 9.17) is 17.3 Å². The molecule has 0 aromatic heterocycles. The highest BCUT2D eigenvalue weighted by molar-refractivity contribution is 6.34. The third-order valence-electron chi connectivity index (χ3n) is 3.80. The Balaban J connectivity index is 1.92. The van der Waals surface area contributed by atoms with E-state index in [1.807, 2.05) is 6.07 Å². The van der Waals surface area contributed by atoms with E-state index in [1.165, 1.54) is 38.5 Å². The van der Waals surface area contributed by atoms with Gasteiger partial charge < -0.3 is 11.1 Å². The second-order valence-corrected chi connectivity index (χ2v) is 5.70. The number of rotatable bonds is 4. The largest absolute Gasteiger partial charge is 0.385 e. The molecule has 2 rings (SSSR count). The van der Waals surface area contributed by atoms with Crippen LogP contribution in [0.2, 0.25) is 5.02 Å². The van der Waals surface area contributed by atoms with Crippen LogP contribution in [0.3, 0.4) is 0 Å². The molecule has 0 aliphatic heterocycles. The predicted molar refractivity (Wildman–Crippen MR) is 79.7 cm³/mol. The monoisotopic (exact) mass is 280 g/mol. The summed E-state index contributed by atoms with van der Waals surface area (Å²) in [6.07, 6.45) is 8.03. The van der Waals surface area contributed by atoms with Crippen molar-refractivity contribution in [1.82, 2.24) is 0 Å². The van der Waals surface area contributed by atoms with Crippen LogP contribution in [0.4, 0.5) is 5.69 Å². The summed E-state index contributed by atoms with van der Waals surface area (Å²) in [7, 11) is 0. The van der Waals surface area contributed by atoms with E-state index in [-0.39, 0.29) is 0 Å². The fraction of sp³-hybridized carbons (Fsp3) is 0.533. The molecule has 4 heteroatoms. The minimum Gasteiger partial charge on any atom is -0.385 e. The van der Waals surface area contributed by atoms with Crippen LogP contribution in [0.1, 0.15) is 48.9 Å². The van der Waals surface area contributed by atoms with Crippen LogP contribution in [0, 0.1) is 5.92 Å². The molecule has 1 aliphatic rings. The van der Waals surface area contributed by atoms with Gasteiger partial charge in [0.15, 0.2) is 0 Å². The Kier molecular flexibility index (Phi) is 5.08. The molecule has 1 amide bonds. The molecule has 0 heterocycles. The maximum atomic E-state index is 11.1. The van der Waals surface area contributed by atoms with E-state index < -0.39 is 5.91 Å². The number of nitrogens with one attached hydrogen (secondary N) is 1. The second-order valence-electron chi connectivity index (χ2n) is 5.30. The first-order chi connectivity index (χ1) is 9.16. The molecule has 1 fully saturated rings. The van der Waals surface area contributed by atoms with Crippen LogP contribution in [-0.2, 0) is 0 Å². The maximum absolute atomic E-state index is 11.1. The van der Waals surface area contributed by atoms with Gasteiger partial charge in [-0.3, -0.25) is 4.79 Å². The summed E-state index contributed by atoms with van der Waals surface area (Å²) < 4.78 is 0. The van der Waals surface area contributed by atoms with Gasteiger partial charge in [-0.25, -0.2) is 0 Å². The molecule has 0 radical (unpaired) electrons. The SMILES string of the molecule is NC(=O)c1ccc(NCC2CCCCCC2)cc1Cl. The molecule has 0 saturated heterocycles. The average Bonchev–Trinajstić information content (AvgIpc) is 2.64. The number of hydrogen-bond acceptors (Lipinski definition) is 2. The van der Waals surface area contributed by atoms with Crippen molar-refractivity contribution in [2.75, 3.05) is 11.9 Å². The molecule has 0 atom stereocenters. The Hall–Kier alpha value is -1.22. The number of primary amides is 1. The zero-order chi connectivity index (χ0) is 13.7. The average molecular weight is 281 g/mol. The van der Waals surface area contributed by atoms with Gasteiger partial charge in [-0.2, -0.15) is 0 Å². The molecule has 0 unspecified atom stereocenters. The molecule has 1 aromatic carbocycles. The Morgan fingerprint density at radius 2 is 1.95 bits per heavy atom. The van der Waals surface area contributed by atoms with Gasteiger partial charge in [-0.1, -0.05) is 37.3 Å². The highest BCUT2D eigenvalue weighted by Crippen LogP contribution is 2.25. The molecular formula is C15H21ClN2O. The van der Waals surface area contributed by atoms with Crippen molar-refractivity contribution < 1.29 is 4.79 Å². The number of benzene rings is 1. The van der Waals surface area contributed by atoms with Gasteiger partial charge >= 0.3 is 0 Å². The molecule has 19 heavy (non-hydrogen) atoms. The zero-order valence-electron chi connectivity index (χ0n) is 11.1. The van der Waals surface area contributed by atoms with Crippen LogP contribution in [0.25, 0.3) is 0 Å². The van der Waals surface area contributed by atoms with E-state index in [1.54, 1.807) is 12.1 Å². The van der Waals surface area contributed by atoms with Crippen LogP contribution in [0.5, 0.6) is 0 Å². The van der Waals surface area contributed by atoms with Crippen molar-refractivity contribution >= 4 is 23.2 Å². The Morgan fingerprint density at radius 3 is 2.53 bits per heavy atom. The summed E-state index contributed by atoms with van der Waals surface area (Å²) in [4.78, 5) is 11.1. The fourth-order valence-corrected chi connectivity index (χ4v) is 2.93. The molecular weight excluding hydrogens is 260 g/mol. The number of anilines is 1. The van der Waals surface area contributed by atoms with E-state index >= 15 is 0 Å². The van der Waals surface area contributed by atoms with Crippen molar-refractivity contribution in [3.05, 3.63) is 28.8 Å². The topological polar surface area (TPSA) is 55.1 Å². The number of nitrogens with two attached hydrogens (primary N) is 1. The van der Waals surface area contributed by atoms with Crippen molar-refractivity contribution in [3.63, 3.8) is 0 Å². The second kappa shape index (κ2) is 6.80. The smallest absolute Gasteiger partial charge is 0.250 e. The number of hydrogen-bond donors (Lipinski definition) is 2. The third-order valence-corrected chi connectivity index (χ3v) is 4.12. The number of carbonyl (C=O) groups excluding carboxylic acids is 1. The van der Waals surface area contributed by atoms with Crippen molar-refractivity contribution in [2.24, 2.45) is 11.7 Å². The lowest BCUT2D eigenvalue weighted by molar-refractivity contribution is 0.100. The van der Waals surface area contributed by atoms with Gasteiger partial charge in [-0.15, -0.1) is 0 Å². The van der Waals surface area contributed by atoms with Gasteiger partial charge in [0.1, 0.15) is 0 Å². The minimum absolute atomic E-state index is 0.377. The first-order valence-electron chi connectivity index (χ1n) is 7.00.